The molecule has 2 aromatic rings. The van der Waals surface area contributed by atoms with Crippen molar-refractivity contribution in [2.75, 3.05) is 11.9 Å². The molecule has 1 amide bonds. The Labute approximate surface area is 142 Å². The summed E-state index contributed by atoms with van der Waals surface area (Å²) < 4.78 is 5.10. The van der Waals surface area contributed by atoms with Crippen molar-refractivity contribution in [3.63, 3.8) is 0 Å². The maximum atomic E-state index is 12.0. The van der Waals surface area contributed by atoms with Gasteiger partial charge in [-0.2, -0.15) is 0 Å². The van der Waals surface area contributed by atoms with Gasteiger partial charge in [-0.1, -0.05) is 24.7 Å². The molecule has 1 aromatic carbocycles. The van der Waals surface area contributed by atoms with Gasteiger partial charge in [-0.25, -0.2) is 4.79 Å². The number of ether oxygens (including phenoxy) is 1. The number of esters is 1. The molecule has 0 unspecified atom stereocenters. The average molecular weight is 348 g/mol. The largest absolute Gasteiger partial charge is 0.462 e. The molecule has 2 rings (SSSR count). The molecule has 1 heterocycles. The van der Waals surface area contributed by atoms with E-state index in [1.54, 1.807) is 24.3 Å². The van der Waals surface area contributed by atoms with Crippen LogP contribution in [0.15, 0.2) is 36.4 Å². The molecular weight excluding hydrogens is 332 g/mol. The van der Waals surface area contributed by atoms with Crippen LogP contribution in [-0.4, -0.2) is 23.4 Å². The smallest absolute Gasteiger partial charge is 0.338 e. The van der Waals surface area contributed by atoms with Crippen molar-refractivity contribution in [2.24, 2.45) is 0 Å². The van der Waals surface area contributed by atoms with Crippen molar-refractivity contribution in [1.29, 1.82) is 0 Å². The Morgan fingerprint density at radius 2 is 1.92 bits per heavy atom. The van der Waals surface area contributed by atoms with E-state index in [4.69, 9.17) is 4.74 Å². The van der Waals surface area contributed by atoms with Crippen LogP contribution in [-0.2, 0) is 4.74 Å². The van der Waals surface area contributed by atoms with E-state index in [1.165, 1.54) is 12.1 Å². The van der Waals surface area contributed by atoms with E-state index in [0.29, 0.717) is 17.9 Å². The van der Waals surface area contributed by atoms with Gasteiger partial charge >= 0.3 is 11.0 Å². The maximum absolute atomic E-state index is 12.0. The number of hydrogen-bond donors (Lipinski definition) is 1. The highest BCUT2D eigenvalue weighted by Crippen LogP contribution is 2.24. The van der Waals surface area contributed by atoms with Gasteiger partial charge in [0.25, 0.3) is 5.91 Å². The lowest BCUT2D eigenvalue weighted by Crippen LogP contribution is -2.10. The molecule has 7 nitrogen and oxygen atoms in total. The van der Waals surface area contributed by atoms with Gasteiger partial charge in [0.1, 0.15) is 0 Å². The number of nitrogens with zero attached hydrogens (tertiary/aromatic N) is 1. The molecule has 0 atom stereocenters. The van der Waals surface area contributed by atoms with E-state index in [9.17, 15) is 19.7 Å². The Hall–Kier alpha value is -2.74. The third-order valence-electron chi connectivity index (χ3n) is 3.11. The number of benzene rings is 1. The molecule has 0 aliphatic heterocycles. The van der Waals surface area contributed by atoms with Gasteiger partial charge in [0.15, 0.2) is 0 Å². The molecule has 8 heteroatoms. The first-order valence-electron chi connectivity index (χ1n) is 7.34. The molecule has 0 saturated heterocycles. The zero-order valence-corrected chi connectivity index (χ0v) is 13.8. The van der Waals surface area contributed by atoms with Gasteiger partial charge in [0.05, 0.1) is 22.0 Å². The van der Waals surface area contributed by atoms with Crippen molar-refractivity contribution < 1.29 is 19.2 Å². The summed E-state index contributed by atoms with van der Waals surface area (Å²) >= 11 is 0.802. The van der Waals surface area contributed by atoms with E-state index in [0.717, 1.165) is 24.2 Å². The van der Waals surface area contributed by atoms with Crippen molar-refractivity contribution in [1.82, 2.24) is 0 Å². The highest BCUT2D eigenvalue weighted by Gasteiger charge is 2.15. The van der Waals surface area contributed by atoms with Crippen LogP contribution >= 0.6 is 11.3 Å². The number of carbonyl (C=O) groups excluding carboxylic acids is 2. The number of anilines is 1. The van der Waals surface area contributed by atoms with E-state index in [-0.39, 0.29) is 9.88 Å². The SMILES string of the molecule is CCCCOC(=O)c1ccc(NC(=O)c2ccc([N+](=O)[O-])s2)cc1. The molecule has 1 aromatic heterocycles. The van der Waals surface area contributed by atoms with E-state index in [2.05, 4.69) is 5.32 Å². The van der Waals surface area contributed by atoms with Crippen LogP contribution in [0.4, 0.5) is 10.7 Å². The number of nitro groups is 1. The van der Waals surface area contributed by atoms with Gasteiger partial charge in [-0.05, 0) is 36.8 Å². The van der Waals surface area contributed by atoms with Crippen molar-refractivity contribution in [2.45, 2.75) is 19.8 Å². The Kier molecular flexibility index (Phi) is 6.02. The minimum absolute atomic E-state index is 0.0923. The number of rotatable bonds is 7. The van der Waals surface area contributed by atoms with Crippen molar-refractivity contribution >= 4 is 33.9 Å². The molecule has 0 radical (unpaired) electrons. The van der Waals surface area contributed by atoms with E-state index >= 15 is 0 Å². The molecule has 0 bridgehead atoms. The lowest BCUT2D eigenvalue weighted by atomic mass is 10.2. The standard InChI is InChI=1S/C16H16N2O5S/c1-2-3-10-23-16(20)11-4-6-12(7-5-11)17-15(19)13-8-9-14(24-13)18(21)22/h4-9H,2-3,10H2,1H3,(H,17,19). The molecule has 0 aliphatic rings. The van der Waals surface area contributed by atoms with Gasteiger partial charge in [-0.3, -0.25) is 14.9 Å². The Morgan fingerprint density at radius 3 is 2.50 bits per heavy atom. The van der Waals surface area contributed by atoms with Crippen LogP contribution in [0.25, 0.3) is 0 Å². The number of thiophene rings is 1. The third kappa shape index (κ3) is 4.63. The predicted octanol–water partition coefficient (Wildman–Crippen LogP) is 3.87. The molecule has 0 aliphatic carbocycles. The van der Waals surface area contributed by atoms with Crippen LogP contribution in [0.5, 0.6) is 0 Å². The fourth-order valence-electron chi connectivity index (χ4n) is 1.82. The summed E-state index contributed by atoms with van der Waals surface area (Å²) in [4.78, 5) is 34.1. The normalized spacial score (nSPS) is 10.2. The summed E-state index contributed by atoms with van der Waals surface area (Å²) in [6.07, 6.45) is 1.76. The second-order valence-electron chi connectivity index (χ2n) is 4.92. The summed E-state index contributed by atoms with van der Waals surface area (Å²) in [6.45, 7) is 2.39. The highest BCUT2D eigenvalue weighted by molar-refractivity contribution is 7.17. The first-order valence-corrected chi connectivity index (χ1v) is 8.15. The minimum atomic E-state index is -0.541. The Balaban J connectivity index is 1.96. The maximum Gasteiger partial charge on any atom is 0.338 e. The van der Waals surface area contributed by atoms with Gasteiger partial charge in [0.2, 0.25) is 0 Å². The van der Waals surface area contributed by atoms with Crippen LogP contribution < -0.4 is 5.32 Å². The Bertz CT molecular complexity index is 739. The molecule has 24 heavy (non-hydrogen) atoms. The fourth-order valence-corrected chi connectivity index (χ4v) is 2.54. The van der Waals surface area contributed by atoms with Gasteiger partial charge in [-0.15, -0.1) is 0 Å². The second-order valence-corrected chi connectivity index (χ2v) is 5.98. The monoisotopic (exact) mass is 348 g/mol. The minimum Gasteiger partial charge on any atom is -0.462 e. The molecule has 0 spiro atoms. The average Bonchev–Trinajstić information content (AvgIpc) is 3.06. The lowest BCUT2D eigenvalue weighted by Gasteiger charge is -2.06. The van der Waals surface area contributed by atoms with Crippen LogP contribution in [0.1, 0.15) is 39.8 Å². The molecule has 0 saturated carbocycles. The second kappa shape index (κ2) is 8.21. The summed E-state index contributed by atoms with van der Waals surface area (Å²) in [6, 6.07) is 8.96. The predicted molar refractivity (Wildman–Crippen MR) is 90.6 cm³/mol. The van der Waals surface area contributed by atoms with Crippen molar-refractivity contribution in [3.05, 3.63) is 57.0 Å². The quantitative estimate of drug-likeness (QED) is 0.354. The molecule has 1 N–H and O–H groups in total. The zero-order chi connectivity index (χ0) is 17.5. The summed E-state index contributed by atoms with van der Waals surface area (Å²) in [7, 11) is 0. The van der Waals surface area contributed by atoms with Gasteiger partial charge in [0, 0.05) is 11.8 Å². The van der Waals surface area contributed by atoms with Crippen LogP contribution in [0.3, 0.4) is 0 Å². The zero-order valence-electron chi connectivity index (χ0n) is 13.0. The number of carbonyl (C=O) groups is 2. The molecule has 0 fully saturated rings. The fraction of sp³-hybridized carbons (Fsp3) is 0.250. The van der Waals surface area contributed by atoms with Crippen LogP contribution in [0.2, 0.25) is 0 Å². The number of nitrogens with one attached hydrogen (secondary N) is 1. The summed E-state index contributed by atoms with van der Waals surface area (Å²) in [5.41, 5.74) is 0.886. The van der Waals surface area contributed by atoms with E-state index in [1.807, 2.05) is 6.92 Å². The number of unbranched alkanes of at least 4 members (excludes halogenated alkanes) is 1. The van der Waals surface area contributed by atoms with Gasteiger partial charge < -0.3 is 10.1 Å². The van der Waals surface area contributed by atoms with Crippen molar-refractivity contribution in [3.8, 4) is 0 Å². The first kappa shape index (κ1) is 17.6. The van der Waals surface area contributed by atoms with Crippen LogP contribution in [0, 0.1) is 10.1 Å². The lowest BCUT2D eigenvalue weighted by molar-refractivity contribution is -0.380. The summed E-state index contributed by atoms with van der Waals surface area (Å²) in [5, 5.41) is 13.2. The summed E-state index contributed by atoms with van der Waals surface area (Å²) in [5.74, 6) is -0.846. The van der Waals surface area contributed by atoms with E-state index < -0.39 is 16.8 Å². The number of amides is 1. The highest BCUT2D eigenvalue weighted by atomic mass is 32.1. The number of hydrogen-bond acceptors (Lipinski definition) is 6. The first-order chi connectivity index (χ1) is 11.5. The molecule has 126 valence electrons. The topological polar surface area (TPSA) is 98.5 Å². The Morgan fingerprint density at radius 1 is 1.21 bits per heavy atom. The molecular formula is C16H16N2O5S. The third-order valence-corrected chi connectivity index (χ3v) is 4.14.